The second-order valence-corrected chi connectivity index (χ2v) is 14.2. The quantitative estimate of drug-likeness (QED) is 0.0613. The topological polar surface area (TPSA) is 86.7 Å². The van der Waals surface area contributed by atoms with Crippen LogP contribution in [0.5, 0.6) is 11.5 Å². The average Bonchev–Trinajstić information content (AvgIpc) is 3.02. The number of ether oxygens (including phenoxy) is 2. The molecule has 0 aliphatic heterocycles. The smallest absolute Gasteiger partial charge is 0.316 e. The van der Waals surface area contributed by atoms with Crippen LogP contribution in [0.15, 0.2) is 60.7 Å². The highest BCUT2D eigenvalue weighted by Gasteiger charge is 2.30. The maximum Gasteiger partial charge on any atom is 0.316 e. The molecule has 0 heterocycles. The Bertz CT molecular complexity index is 1170. The monoisotopic (exact) mass is 634 g/mol. The van der Waals surface area contributed by atoms with Crippen LogP contribution in [0, 0.1) is 10.8 Å². The number of unbranched alkanes of at least 4 members (excludes halogenated alkanes) is 8. The predicted molar refractivity (Wildman–Crippen MR) is 185 cm³/mol. The van der Waals surface area contributed by atoms with Crippen molar-refractivity contribution in [3.8, 4) is 11.5 Å². The van der Waals surface area contributed by atoms with Crippen molar-refractivity contribution in [2.24, 2.45) is 10.8 Å². The van der Waals surface area contributed by atoms with E-state index in [2.05, 4.69) is 13.8 Å². The molecule has 2 aromatic rings. The number of benzene rings is 2. The minimum Gasteiger partial charge on any atom is -0.427 e. The van der Waals surface area contributed by atoms with Crippen LogP contribution in [0.1, 0.15) is 143 Å². The number of para-hydroxylation sites is 2. The second kappa shape index (κ2) is 21.5. The number of hydrogen-bond donors (Lipinski definition) is 0. The summed E-state index contributed by atoms with van der Waals surface area (Å²) >= 11 is 0. The lowest BCUT2D eigenvalue weighted by atomic mass is 9.81. The van der Waals surface area contributed by atoms with Crippen LogP contribution in [0.3, 0.4) is 0 Å². The molecule has 46 heavy (non-hydrogen) atoms. The summed E-state index contributed by atoms with van der Waals surface area (Å²) in [7, 11) is 0. The summed E-state index contributed by atoms with van der Waals surface area (Å²) in [5, 5.41) is 0. The molecule has 0 unspecified atom stereocenters. The van der Waals surface area contributed by atoms with E-state index in [-0.39, 0.29) is 28.9 Å². The largest absolute Gasteiger partial charge is 0.427 e. The number of carbonyl (C=O) groups excluding carboxylic acids is 4. The number of rotatable bonds is 25. The summed E-state index contributed by atoms with van der Waals surface area (Å²) in [6, 6.07) is 18.2. The minimum absolute atomic E-state index is 0.0924. The van der Waals surface area contributed by atoms with Crippen molar-refractivity contribution in [1.29, 1.82) is 0 Å². The molecule has 2 aromatic carbocycles. The summed E-state index contributed by atoms with van der Waals surface area (Å²) in [4.78, 5) is 49.4. The molecule has 0 N–H and O–H groups in total. The average molecular weight is 635 g/mol. The van der Waals surface area contributed by atoms with E-state index < -0.39 is 5.41 Å². The van der Waals surface area contributed by atoms with Crippen LogP contribution in [-0.2, 0) is 19.2 Å². The summed E-state index contributed by atoms with van der Waals surface area (Å²) in [6.45, 7) is 8.11. The van der Waals surface area contributed by atoms with Gasteiger partial charge in [0.15, 0.2) is 0 Å². The molecule has 0 radical (unpaired) electrons. The van der Waals surface area contributed by atoms with Crippen molar-refractivity contribution in [3.05, 3.63) is 60.7 Å². The first kappa shape index (κ1) is 38.9. The molecular weight excluding hydrogens is 576 g/mol. The van der Waals surface area contributed by atoms with Gasteiger partial charge in [0.1, 0.15) is 23.1 Å². The Balaban J connectivity index is 1.43. The predicted octanol–water partition coefficient (Wildman–Crippen LogP) is 10.4. The number of carbonyl (C=O) groups is 4. The lowest BCUT2D eigenvalue weighted by Crippen LogP contribution is -2.29. The van der Waals surface area contributed by atoms with Crippen molar-refractivity contribution in [2.75, 3.05) is 0 Å². The first-order valence-electron chi connectivity index (χ1n) is 17.5. The highest BCUT2D eigenvalue weighted by Crippen LogP contribution is 2.30. The molecule has 6 nitrogen and oxygen atoms in total. The highest BCUT2D eigenvalue weighted by atomic mass is 16.5. The molecule has 0 bridgehead atoms. The fraction of sp³-hybridized carbons (Fsp3) is 0.600. The molecule has 0 saturated heterocycles. The first-order chi connectivity index (χ1) is 22.0. The summed E-state index contributed by atoms with van der Waals surface area (Å²) < 4.78 is 10.8. The van der Waals surface area contributed by atoms with Crippen molar-refractivity contribution in [1.82, 2.24) is 0 Å². The Hall–Kier alpha value is -3.28. The van der Waals surface area contributed by atoms with Gasteiger partial charge in [-0.3, -0.25) is 19.2 Å². The Morgan fingerprint density at radius 2 is 0.935 bits per heavy atom. The fourth-order valence-corrected chi connectivity index (χ4v) is 5.40. The van der Waals surface area contributed by atoms with E-state index in [0.29, 0.717) is 56.4 Å². The third kappa shape index (κ3) is 18.0. The van der Waals surface area contributed by atoms with Gasteiger partial charge in [-0.15, -0.1) is 0 Å². The van der Waals surface area contributed by atoms with Gasteiger partial charge in [0, 0.05) is 32.1 Å². The molecule has 0 saturated carbocycles. The van der Waals surface area contributed by atoms with E-state index in [1.807, 2.05) is 36.4 Å². The van der Waals surface area contributed by atoms with Gasteiger partial charge in [0.25, 0.3) is 0 Å². The van der Waals surface area contributed by atoms with Gasteiger partial charge >= 0.3 is 11.9 Å². The number of hydrogen-bond acceptors (Lipinski definition) is 6. The minimum atomic E-state index is -0.754. The normalized spacial score (nSPS) is 11.7. The van der Waals surface area contributed by atoms with Gasteiger partial charge in [0.2, 0.25) is 0 Å². The van der Waals surface area contributed by atoms with Gasteiger partial charge in [-0.1, -0.05) is 102 Å². The molecule has 0 aromatic heterocycles. The second-order valence-electron chi connectivity index (χ2n) is 14.2. The molecule has 2 rings (SSSR count). The Kier molecular flexibility index (Phi) is 18.2. The van der Waals surface area contributed by atoms with Crippen molar-refractivity contribution in [2.45, 2.75) is 143 Å². The standard InChI is InChI=1S/C40H58O6/c1-39(2,30-19-11-9-7-5-6-8-10-18-27-37(43)45-35-23-14-12-15-24-35)31-28-33(41)21-20-22-34(42)29-32-40(3,4)38(44)46-36-25-16-13-17-26-36/h12-17,23-26H,5-11,18-22,27-32H2,1-4H3. The number of Topliss-reactive ketones (excluding diaryl/α,β-unsaturated/α-hetero) is 2. The summed E-state index contributed by atoms with van der Waals surface area (Å²) in [6.07, 6.45) is 15.7. The lowest BCUT2D eigenvalue weighted by Gasteiger charge is -2.24. The Labute approximate surface area is 278 Å². The number of esters is 2. The molecule has 0 atom stereocenters. The Morgan fingerprint density at radius 3 is 1.48 bits per heavy atom. The van der Waals surface area contributed by atoms with E-state index in [4.69, 9.17) is 9.47 Å². The van der Waals surface area contributed by atoms with Crippen LogP contribution >= 0.6 is 0 Å². The SMILES string of the molecule is CC(C)(CCCCCCCCCCCC(=O)Oc1ccccc1)CCC(=O)CCCC(=O)CCC(C)(C)C(=O)Oc1ccccc1. The number of ketones is 2. The molecule has 0 fully saturated rings. The molecule has 0 amide bonds. The van der Waals surface area contributed by atoms with Crippen LogP contribution in [0.4, 0.5) is 0 Å². The lowest BCUT2D eigenvalue weighted by molar-refractivity contribution is -0.144. The van der Waals surface area contributed by atoms with Crippen molar-refractivity contribution in [3.63, 3.8) is 0 Å². The zero-order valence-electron chi connectivity index (χ0n) is 29.0. The third-order valence-corrected chi connectivity index (χ3v) is 8.74. The summed E-state index contributed by atoms with van der Waals surface area (Å²) in [5.41, 5.74) is -0.608. The Morgan fingerprint density at radius 1 is 0.478 bits per heavy atom. The van der Waals surface area contributed by atoms with Gasteiger partial charge in [-0.25, -0.2) is 0 Å². The maximum atomic E-state index is 12.5. The van der Waals surface area contributed by atoms with Gasteiger partial charge in [-0.05, 0) is 75.6 Å². The van der Waals surface area contributed by atoms with Crippen LogP contribution in [0.25, 0.3) is 0 Å². The van der Waals surface area contributed by atoms with Crippen molar-refractivity contribution >= 4 is 23.5 Å². The zero-order chi connectivity index (χ0) is 33.7. The highest BCUT2D eigenvalue weighted by molar-refractivity contribution is 5.83. The van der Waals surface area contributed by atoms with Gasteiger partial charge in [0.05, 0.1) is 5.41 Å². The first-order valence-corrected chi connectivity index (χ1v) is 17.5. The molecule has 0 spiro atoms. The van der Waals surface area contributed by atoms with Crippen LogP contribution < -0.4 is 9.47 Å². The van der Waals surface area contributed by atoms with Gasteiger partial charge < -0.3 is 9.47 Å². The molecular formula is C40H58O6. The maximum absolute atomic E-state index is 12.5. The molecule has 0 aliphatic rings. The fourth-order valence-electron chi connectivity index (χ4n) is 5.40. The van der Waals surface area contributed by atoms with E-state index in [1.165, 1.54) is 38.5 Å². The zero-order valence-corrected chi connectivity index (χ0v) is 29.0. The van der Waals surface area contributed by atoms with E-state index in [9.17, 15) is 19.2 Å². The summed E-state index contributed by atoms with van der Waals surface area (Å²) in [5.74, 6) is 0.959. The van der Waals surface area contributed by atoms with E-state index >= 15 is 0 Å². The van der Waals surface area contributed by atoms with Crippen molar-refractivity contribution < 1.29 is 28.7 Å². The molecule has 6 heteroatoms. The van der Waals surface area contributed by atoms with Crippen LogP contribution in [0.2, 0.25) is 0 Å². The van der Waals surface area contributed by atoms with Crippen LogP contribution in [-0.4, -0.2) is 23.5 Å². The van der Waals surface area contributed by atoms with Gasteiger partial charge in [-0.2, -0.15) is 0 Å². The molecule has 0 aliphatic carbocycles. The third-order valence-electron chi connectivity index (χ3n) is 8.74. The van der Waals surface area contributed by atoms with E-state index in [0.717, 1.165) is 32.1 Å². The molecule has 254 valence electrons. The van der Waals surface area contributed by atoms with E-state index in [1.54, 1.807) is 38.1 Å².